The summed E-state index contributed by atoms with van der Waals surface area (Å²) in [7, 11) is 0. The Morgan fingerprint density at radius 1 is 1.17 bits per heavy atom. The first kappa shape index (κ1) is 18.7. The van der Waals surface area contributed by atoms with Gasteiger partial charge in [0, 0.05) is 29.5 Å². The Morgan fingerprint density at radius 2 is 1.93 bits per heavy atom. The number of nitrogens with zero attached hydrogens (tertiary/aromatic N) is 3. The van der Waals surface area contributed by atoms with Crippen molar-refractivity contribution in [3.8, 4) is 11.6 Å². The van der Waals surface area contributed by atoms with Gasteiger partial charge in [-0.3, -0.25) is 9.59 Å². The minimum atomic E-state index is -4.87. The van der Waals surface area contributed by atoms with Crippen LogP contribution in [0.2, 0.25) is 0 Å². The molecule has 8 nitrogen and oxygen atoms in total. The quantitative estimate of drug-likeness (QED) is 0.698. The van der Waals surface area contributed by atoms with E-state index in [0.29, 0.717) is 11.3 Å². The summed E-state index contributed by atoms with van der Waals surface area (Å²) in [6.45, 7) is 1.68. The molecule has 0 radical (unpaired) electrons. The van der Waals surface area contributed by atoms with E-state index in [4.69, 9.17) is 0 Å². The molecule has 150 valence electrons. The van der Waals surface area contributed by atoms with Gasteiger partial charge >= 0.3 is 6.36 Å². The zero-order chi connectivity index (χ0) is 20.8. The lowest BCUT2D eigenvalue weighted by Gasteiger charge is -2.26. The maximum Gasteiger partial charge on any atom is 0.573 e. The number of benzene rings is 1. The molecule has 0 aliphatic carbocycles. The van der Waals surface area contributed by atoms with E-state index in [1.807, 2.05) is 0 Å². The molecule has 1 aliphatic rings. The molecule has 1 aliphatic heterocycles. The number of aryl methyl sites for hydroxylation is 1. The molecule has 11 heteroatoms. The predicted molar refractivity (Wildman–Crippen MR) is 94.9 cm³/mol. The monoisotopic (exact) mass is 405 g/mol. The van der Waals surface area contributed by atoms with Crippen molar-refractivity contribution in [2.45, 2.75) is 25.6 Å². The highest BCUT2D eigenvalue weighted by atomic mass is 19.4. The van der Waals surface area contributed by atoms with Crippen molar-refractivity contribution in [3.63, 3.8) is 0 Å². The predicted octanol–water partition coefficient (Wildman–Crippen LogP) is 2.64. The molecule has 1 amide bonds. The maximum atomic E-state index is 12.8. The molecule has 2 N–H and O–H groups in total. The Morgan fingerprint density at radius 3 is 2.62 bits per heavy atom. The molecule has 0 spiro atoms. The van der Waals surface area contributed by atoms with Gasteiger partial charge in [0.2, 0.25) is 5.91 Å². The van der Waals surface area contributed by atoms with Crippen molar-refractivity contribution in [2.24, 2.45) is 0 Å². The molecular weight excluding hydrogens is 391 g/mol. The van der Waals surface area contributed by atoms with Gasteiger partial charge in [-0.1, -0.05) is 18.2 Å². The number of amides is 1. The van der Waals surface area contributed by atoms with Crippen LogP contribution in [-0.4, -0.2) is 32.2 Å². The molecule has 0 saturated carbocycles. The van der Waals surface area contributed by atoms with Gasteiger partial charge in [0.05, 0.1) is 5.69 Å². The average Bonchev–Trinajstić information content (AvgIpc) is 2.97. The van der Waals surface area contributed by atoms with Crippen molar-refractivity contribution in [1.82, 2.24) is 20.0 Å². The summed E-state index contributed by atoms with van der Waals surface area (Å²) in [4.78, 5) is 23.6. The number of carbonyl (C=O) groups is 1. The molecule has 2 aromatic heterocycles. The largest absolute Gasteiger partial charge is 0.573 e. The second-order valence-electron chi connectivity index (χ2n) is 6.43. The molecular formula is C18H14F3N5O3. The van der Waals surface area contributed by atoms with E-state index in [1.165, 1.54) is 35.0 Å². The third-order valence-electron chi connectivity index (χ3n) is 4.50. The molecule has 4 rings (SSSR count). The molecule has 1 atom stereocenters. The van der Waals surface area contributed by atoms with Crippen molar-refractivity contribution < 1.29 is 22.7 Å². The normalized spacial score (nSPS) is 16.3. The third kappa shape index (κ3) is 3.58. The number of hydrogen-bond acceptors (Lipinski definition) is 5. The van der Waals surface area contributed by atoms with Crippen LogP contribution in [0.5, 0.6) is 5.75 Å². The van der Waals surface area contributed by atoms with Gasteiger partial charge in [-0.2, -0.15) is 14.9 Å². The van der Waals surface area contributed by atoms with Gasteiger partial charge in [0.25, 0.3) is 5.56 Å². The van der Waals surface area contributed by atoms with E-state index in [2.05, 4.69) is 25.3 Å². The first-order valence-electron chi connectivity index (χ1n) is 8.53. The van der Waals surface area contributed by atoms with Gasteiger partial charge in [-0.25, -0.2) is 5.10 Å². The minimum absolute atomic E-state index is 0.0726. The zero-order valence-electron chi connectivity index (χ0n) is 14.9. The van der Waals surface area contributed by atoms with Crippen LogP contribution in [0.25, 0.3) is 5.82 Å². The van der Waals surface area contributed by atoms with Crippen molar-refractivity contribution in [1.29, 1.82) is 0 Å². The Bertz CT molecular complexity index is 1130. The van der Waals surface area contributed by atoms with E-state index in [9.17, 15) is 22.8 Å². The number of carbonyl (C=O) groups excluding carboxylic acids is 1. The standard InChI is InChI=1S/C18H14F3N5O3/c1-9-16-11(10-4-2-3-5-12(10)29-18(19,20)21)8-15(28)22-17(16)26(25-9)13-6-7-14(27)24-23-13/h2-7,11H,8H2,1H3,(H,22,28)(H,24,27)/t11-/m0/s1. The lowest BCUT2D eigenvalue weighted by atomic mass is 9.85. The molecule has 3 heterocycles. The first-order valence-corrected chi connectivity index (χ1v) is 8.53. The van der Waals surface area contributed by atoms with Crippen molar-refractivity contribution >= 4 is 11.7 Å². The molecule has 1 aromatic carbocycles. The number of para-hydroxylation sites is 1. The van der Waals surface area contributed by atoms with Crippen LogP contribution in [-0.2, 0) is 4.79 Å². The number of nitrogens with one attached hydrogen (secondary N) is 2. The second kappa shape index (κ2) is 6.76. The van der Waals surface area contributed by atoms with Crippen LogP contribution < -0.4 is 15.6 Å². The SMILES string of the molecule is Cc1nn(-c2ccc(=O)[nH]n2)c2c1[C@H](c1ccccc1OC(F)(F)F)CC(=O)N2. The van der Waals surface area contributed by atoms with E-state index in [0.717, 1.165) is 0 Å². The Hall–Kier alpha value is -3.63. The fourth-order valence-corrected chi connectivity index (χ4v) is 3.42. The highest BCUT2D eigenvalue weighted by molar-refractivity contribution is 5.95. The fourth-order valence-electron chi connectivity index (χ4n) is 3.42. The van der Waals surface area contributed by atoms with E-state index >= 15 is 0 Å². The number of halogens is 3. The summed E-state index contributed by atoms with van der Waals surface area (Å²) >= 11 is 0. The number of alkyl halides is 3. The highest BCUT2D eigenvalue weighted by Gasteiger charge is 2.37. The van der Waals surface area contributed by atoms with Gasteiger partial charge in [0.15, 0.2) is 5.82 Å². The number of H-pyrrole nitrogens is 1. The topological polar surface area (TPSA) is 102 Å². The van der Waals surface area contributed by atoms with Crippen LogP contribution in [0.4, 0.5) is 19.0 Å². The minimum Gasteiger partial charge on any atom is -0.405 e. The Balaban J connectivity index is 1.86. The molecule has 3 aromatic rings. The molecule has 0 fully saturated rings. The van der Waals surface area contributed by atoms with E-state index in [1.54, 1.807) is 13.0 Å². The van der Waals surface area contributed by atoms with Crippen molar-refractivity contribution in [3.05, 3.63) is 63.6 Å². The Labute approximate surface area is 161 Å². The second-order valence-corrected chi connectivity index (χ2v) is 6.43. The van der Waals surface area contributed by atoms with Gasteiger partial charge in [-0.05, 0) is 19.1 Å². The zero-order valence-corrected chi connectivity index (χ0v) is 14.9. The van der Waals surface area contributed by atoms with Gasteiger partial charge < -0.3 is 10.1 Å². The molecule has 0 unspecified atom stereocenters. The maximum absolute atomic E-state index is 12.8. The molecule has 0 saturated heterocycles. The lowest BCUT2D eigenvalue weighted by Crippen LogP contribution is -2.26. The summed E-state index contributed by atoms with van der Waals surface area (Å²) in [6, 6.07) is 8.37. The highest BCUT2D eigenvalue weighted by Crippen LogP contribution is 2.43. The van der Waals surface area contributed by atoms with Gasteiger partial charge in [0.1, 0.15) is 11.6 Å². The smallest absolute Gasteiger partial charge is 0.405 e. The van der Waals surface area contributed by atoms with Crippen LogP contribution >= 0.6 is 0 Å². The third-order valence-corrected chi connectivity index (χ3v) is 4.50. The number of anilines is 1. The van der Waals surface area contributed by atoms with E-state index < -0.39 is 23.7 Å². The molecule has 0 bridgehead atoms. The van der Waals surface area contributed by atoms with E-state index in [-0.39, 0.29) is 29.4 Å². The fraction of sp³-hybridized carbons (Fsp3) is 0.222. The number of fused-ring (bicyclic) bond motifs is 1. The van der Waals surface area contributed by atoms with Crippen LogP contribution in [0.1, 0.15) is 29.2 Å². The van der Waals surface area contributed by atoms with Crippen molar-refractivity contribution in [2.75, 3.05) is 5.32 Å². The van der Waals surface area contributed by atoms with Gasteiger partial charge in [-0.15, -0.1) is 13.2 Å². The summed E-state index contributed by atoms with van der Waals surface area (Å²) in [6.07, 6.45) is -4.94. The Kier molecular flexibility index (Phi) is 4.36. The summed E-state index contributed by atoms with van der Waals surface area (Å²) < 4.78 is 44.0. The number of hydrogen-bond donors (Lipinski definition) is 2. The van der Waals surface area contributed by atoms with Crippen LogP contribution in [0, 0.1) is 6.92 Å². The van der Waals surface area contributed by atoms with Crippen LogP contribution in [0.3, 0.4) is 0 Å². The number of rotatable bonds is 3. The van der Waals surface area contributed by atoms with Crippen LogP contribution in [0.15, 0.2) is 41.2 Å². The number of ether oxygens (including phenoxy) is 1. The molecule has 29 heavy (non-hydrogen) atoms. The number of aromatic amines is 1. The lowest BCUT2D eigenvalue weighted by molar-refractivity contribution is -0.274. The summed E-state index contributed by atoms with van der Waals surface area (Å²) in [5, 5.41) is 13.2. The first-order chi connectivity index (χ1) is 13.7. The average molecular weight is 405 g/mol. The number of aromatic nitrogens is 4. The summed E-state index contributed by atoms with van der Waals surface area (Å²) in [5.74, 6) is -0.941. The summed E-state index contributed by atoms with van der Waals surface area (Å²) in [5.41, 5.74) is 0.861.